The van der Waals surface area contributed by atoms with Crippen LogP contribution in [0.5, 0.6) is 0 Å². The minimum Gasteiger partial charge on any atom is -0.318 e. The SMILES string of the molecule is CN(/N=c1/sc2ccccc2n1C)C(=O)C12CC3CC(CC(C3)C1)C2. The molecule has 1 aromatic heterocycles. The van der Waals surface area contributed by atoms with Gasteiger partial charge < -0.3 is 4.57 Å². The number of carbonyl (C=O) groups excluding carboxylic acids is 1. The van der Waals surface area contributed by atoms with Gasteiger partial charge in [-0.05, 0) is 68.4 Å². The molecule has 4 bridgehead atoms. The molecule has 0 saturated heterocycles. The van der Waals surface area contributed by atoms with E-state index in [1.54, 1.807) is 16.3 Å². The number of fused-ring (bicyclic) bond motifs is 1. The van der Waals surface area contributed by atoms with Gasteiger partial charge in [0, 0.05) is 14.1 Å². The van der Waals surface area contributed by atoms with Crippen molar-refractivity contribution < 1.29 is 4.79 Å². The summed E-state index contributed by atoms with van der Waals surface area (Å²) in [4.78, 5) is 14.2. The Balaban J connectivity index is 1.48. The second kappa shape index (κ2) is 5.44. The van der Waals surface area contributed by atoms with E-state index in [9.17, 15) is 4.79 Å². The van der Waals surface area contributed by atoms with Gasteiger partial charge in [0.05, 0.1) is 15.6 Å². The number of carbonyl (C=O) groups is 1. The molecule has 4 saturated carbocycles. The summed E-state index contributed by atoms with van der Waals surface area (Å²) < 4.78 is 3.29. The van der Waals surface area contributed by atoms with E-state index in [0.29, 0.717) is 0 Å². The zero-order chi connectivity index (χ0) is 17.2. The molecule has 0 unspecified atom stereocenters. The van der Waals surface area contributed by atoms with Gasteiger partial charge >= 0.3 is 0 Å². The molecule has 132 valence electrons. The first-order valence-corrected chi connectivity index (χ1v) is 10.2. The predicted octanol–water partition coefficient (Wildman–Crippen LogP) is 3.73. The van der Waals surface area contributed by atoms with Gasteiger partial charge in [0.1, 0.15) is 0 Å². The highest BCUT2D eigenvalue weighted by molar-refractivity contribution is 7.16. The van der Waals surface area contributed by atoms with Gasteiger partial charge in [-0.3, -0.25) is 4.79 Å². The molecule has 25 heavy (non-hydrogen) atoms. The van der Waals surface area contributed by atoms with Gasteiger partial charge in [-0.15, -0.1) is 5.10 Å². The number of aromatic nitrogens is 1. The molecule has 4 aliphatic rings. The van der Waals surface area contributed by atoms with Crippen LogP contribution in [0.2, 0.25) is 0 Å². The summed E-state index contributed by atoms with van der Waals surface area (Å²) in [5.41, 5.74) is 1.05. The summed E-state index contributed by atoms with van der Waals surface area (Å²) in [7, 11) is 3.88. The van der Waals surface area contributed by atoms with Gasteiger partial charge in [0.2, 0.25) is 10.7 Å². The molecule has 0 atom stereocenters. The number of thiazole rings is 1. The van der Waals surface area contributed by atoms with Gasteiger partial charge in [-0.25, -0.2) is 5.01 Å². The van der Waals surface area contributed by atoms with Crippen LogP contribution in [0.4, 0.5) is 0 Å². The van der Waals surface area contributed by atoms with Crippen molar-refractivity contribution in [1.29, 1.82) is 0 Å². The third-order valence-corrected chi connectivity index (χ3v) is 7.84. The fraction of sp³-hybridized carbons (Fsp3) is 0.600. The van der Waals surface area contributed by atoms with E-state index in [1.165, 1.54) is 29.5 Å². The number of hydrogen-bond acceptors (Lipinski definition) is 3. The molecular formula is C20H25N3OS. The van der Waals surface area contributed by atoms with Crippen LogP contribution in [-0.4, -0.2) is 22.5 Å². The first-order chi connectivity index (χ1) is 12.0. The number of benzene rings is 1. The van der Waals surface area contributed by atoms with Crippen molar-refractivity contribution in [3.63, 3.8) is 0 Å². The summed E-state index contributed by atoms with van der Waals surface area (Å²) in [6.07, 6.45) is 7.36. The Hall–Kier alpha value is -1.62. The average molecular weight is 356 g/mol. The molecule has 1 heterocycles. The Morgan fingerprint density at radius 1 is 1.16 bits per heavy atom. The summed E-state index contributed by atoms with van der Waals surface area (Å²) in [5.74, 6) is 2.60. The number of hydrogen-bond donors (Lipinski definition) is 0. The fourth-order valence-electron chi connectivity index (χ4n) is 6.07. The first kappa shape index (κ1) is 15.6. The van der Waals surface area contributed by atoms with E-state index < -0.39 is 0 Å². The highest BCUT2D eigenvalue weighted by atomic mass is 32.1. The summed E-state index contributed by atoms with van der Waals surface area (Å²) in [6, 6.07) is 8.31. The van der Waals surface area contributed by atoms with Crippen molar-refractivity contribution in [2.24, 2.45) is 35.3 Å². The van der Waals surface area contributed by atoms with E-state index in [4.69, 9.17) is 5.10 Å². The second-order valence-corrected chi connectivity index (χ2v) is 9.55. The monoisotopic (exact) mass is 355 g/mol. The third-order valence-electron chi connectivity index (χ3n) is 6.74. The van der Waals surface area contributed by atoms with Crippen LogP contribution < -0.4 is 4.80 Å². The van der Waals surface area contributed by atoms with Crippen LogP contribution in [0.15, 0.2) is 29.4 Å². The van der Waals surface area contributed by atoms with Gasteiger partial charge in [-0.2, -0.15) is 0 Å². The molecule has 4 aliphatic carbocycles. The fourth-order valence-corrected chi connectivity index (χ4v) is 7.12. The van der Waals surface area contributed by atoms with Crippen molar-refractivity contribution in [2.75, 3.05) is 7.05 Å². The number of rotatable bonds is 2. The molecule has 1 amide bonds. The van der Waals surface area contributed by atoms with E-state index in [-0.39, 0.29) is 11.3 Å². The largest absolute Gasteiger partial charge is 0.318 e. The van der Waals surface area contributed by atoms with Gasteiger partial charge in [0.25, 0.3) is 0 Å². The highest BCUT2D eigenvalue weighted by Gasteiger charge is 2.55. The normalized spacial score (nSPS) is 34.0. The second-order valence-electron chi connectivity index (χ2n) is 8.54. The minimum atomic E-state index is -0.123. The molecule has 4 fully saturated rings. The van der Waals surface area contributed by atoms with Crippen molar-refractivity contribution in [1.82, 2.24) is 9.58 Å². The lowest BCUT2D eigenvalue weighted by Crippen LogP contribution is -2.53. The van der Waals surface area contributed by atoms with Crippen LogP contribution in [0.25, 0.3) is 10.2 Å². The third kappa shape index (κ3) is 2.39. The molecule has 1 aromatic carbocycles. The summed E-state index contributed by atoms with van der Waals surface area (Å²) in [6.45, 7) is 0. The van der Waals surface area contributed by atoms with Crippen molar-refractivity contribution in [3.8, 4) is 0 Å². The van der Waals surface area contributed by atoms with Crippen LogP contribution in [0.1, 0.15) is 38.5 Å². The van der Waals surface area contributed by atoms with Gasteiger partial charge in [-0.1, -0.05) is 23.5 Å². The molecule has 0 aliphatic heterocycles. The molecule has 0 radical (unpaired) electrons. The van der Waals surface area contributed by atoms with E-state index >= 15 is 0 Å². The molecule has 5 heteroatoms. The maximum absolute atomic E-state index is 13.4. The van der Waals surface area contributed by atoms with Crippen LogP contribution in [0, 0.1) is 23.2 Å². The predicted molar refractivity (Wildman–Crippen MR) is 99.7 cm³/mol. The van der Waals surface area contributed by atoms with Crippen molar-refractivity contribution in [2.45, 2.75) is 38.5 Å². The Morgan fingerprint density at radius 2 is 1.76 bits per heavy atom. The average Bonchev–Trinajstić information content (AvgIpc) is 2.89. The molecule has 4 nitrogen and oxygen atoms in total. The number of aryl methyl sites for hydroxylation is 1. The van der Waals surface area contributed by atoms with E-state index in [1.807, 2.05) is 26.2 Å². The number of nitrogens with zero attached hydrogens (tertiary/aromatic N) is 3. The maximum Gasteiger partial charge on any atom is 0.248 e. The van der Waals surface area contributed by atoms with Crippen LogP contribution in [0.3, 0.4) is 0 Å². The summed E-state index contributed by atoms with van der Waals surface area (Å²) in [5, 5.41) is 6.37. The van der Waals surface area contributed by atoms with Crippen LogP contribution in [-0.2, 0) is 11.8 Å². The smallest absolute Gasteiger partial charge is 0.248 e. The Morgan fingerprint density at radius 3 is 2.36 bits per heavy atom. The topological polar surface area (TPSA) is 37.6 Å². The van der Waals surface area contributed by atoms with Crippen LogP contribution >= 0.6 is 11.3 Å². The van der Waals surface area contributed by atoms with Crippen molar-refractivity contribution in [3.05, 3.63) is 29.1 Å². The quantitative estimate of drug-likeness (QED) is 0.756. The lowest BCUT2D eigenvalue weighted by Gasteiger charge is -2.56. The lowest BCUT2D eigenvalue weighted by atomic mass is 9.49. The molecule has 2 aromatic rings. The van der Waals surface area contributed by atoms with E-state index in [2.05, 4.69) is 16.7 Å². The zero-order valence-electron chi connectivity index (χ0n) is 14.9. The number of para-hydroxylation sites is 1. The van der Waals surface area contributed by atoms with E-state index in [0.717, 1.165) is 41.8 Å². The maximum atomic E-state index is 13.4. The lowest BCUT2D eigenvalue weighted by molar-refractivity contribution is -0.156. The molecule has 6 rings (SSSR count). The highest BCUT2D eigenvalue weighted by Crippen LogP contribution is 2.60. The first-order valence-electron chi connectivity index (χ1n) is 9.41. The molecule has 0 spiro atoms. The summed E-state index contributed by atoms with van der Waals surface area (Å²) >= 11 is 1.65. The Labute approximate surface area is 152 Å². The minimum absolute atomic E-state index is 0.123. The molecular weight excluding hydrogens is 330 g/mol. The van der Waals surface area contributed by atoms with Crippen molar-refractivity contribution >= 4 is 27.5 Å². The van der Waals surface area contributed by atoms with Gasteiger partial charge in [0.15, 0.2) is 0 Å². The molecule has 0 N–H and O–H groups in total. The Bertz CT molecular complexity index is 874. The Kier molecular flexibility index (Phi) is 3.40. The number of amides is 1. The standard InChI is InChI=1S/C20H25N3OS/c1-22-16-5-3-4-6-17(16)25-19(22)21-23(2)18(24)20-10-13-7-14(11-20)9-15(8-13)12-20/h3-6,13-15H,7-12H2,1-2H3/b21-19+. The zero-order valence-corrected chi connectivity index (χ0v) is 15.8.